The van der Waals surface area contributed by atoms with Gasteiger partial charge in [-0.3, -0.25) is 9.40 Å². The minimum absolute atomic E-state index is 0.0132. The van der Waals surface area contributed by atoms with Crippen molar-refractivity contribution in [1.82, 2.24) is 14.9 Å². The molecule has 0 amide bonds. The van der Waals surface area contributed by atoms with Crippen molar-refractivity contribution in [3.63, 3.8) is 0 Å². The van der Waals surface area contributed by atoms with Crippen LogP contribution in [0.4, 0.5) is 17.3 Å². The molecule has 0 atom stereocenters. The molecule has 2 aromatic heterocycles. The summed E-state index contributed by atoms with van der Waals surface area (Å²) >= 11 is 0. The molecule has 4 aromatic rings. The zero-order valence-electron chi connectivity index (χ0n) is 19.8. The highest BCUT2D eigenvalue weighted by Gasteiger charge is 2.27. The maximum atomic E-state index is 13.2. The lowest BCUT2D eigenvalue weighted by atomic mass is 10.2. The number of sulfonamides is 1. The number of fused-ring (bicyclic) bond motifs is 1. The maximum Gasteiger partial charge on any atom is 0.270 e. The maximum absolute atomic E-state index is 13.2. The Morgan fingerprint density at radius 1 is 1.00 bits per heavy atom. The fraction of sp³-hybridized carbons (Fsp3) is 0.273. The van der Waals surface area contributed by atoms with Gasteiger partial charge in [0.2, 0.25) is 0 Å². The molecule has 0 unspecified atom stereocenters. The third-order valence-corrected chi connectivity index (χ3v) is 6.56. The summed E-state index contributed by atoms with van der Waals surface area (Å²) in [5.74, 6) is 1.36. The number of anilines is 3. The zero-order valence-corrected chi connectivity index (χ0v) is 20.6. The van der Waals surface area contributed by atoms with Gasteiger partial charge >= 0.3 is 0 Å². The molecule has 2 N–H and O–H groups in total. The third-order valence-electron chi connectivity index (χ3n) is 5.16. The molecule has 4 rings (SSSR count). The Labute approximate surface area is 201 Å². The van der Waals surface area contributed by atoms with E-state index < -0.39 is 10.0 Å². The molecule has 0 spiro atoms. The first kappa shape index (κ1) is 24.2. The highest BCUT2D eigenvalue weighted by atomic mass is 32.2. The number of nitrogens with one attached hydrogen (secondary N) is 2. The van der Waals surface area contributed by atoms with Crippen LogP contribution in [0.5, 0.6) is 17.2 Å². The second-order valence-corrected chi connectivity index (χ2v) is 9.00. The van der Waals surface area contributed by atoms with E-state index in [0.29, 0.717) is 34.8 Å². The van der Waals surface area contributed by atoms with Crippen LogP contribution in [0.2, 0.25) is 0 Å². The zero-order chi connectivity index (χ0) is 25.2. The normalized spacial score (nSPS) is 11.5. The second-order valence-electron chi connectivity index (χ2n) is 7.38. The lowest BCUT2D eigenvalue weighted by molar-refractivity contribution is 0.181. The van der Waals surface area contributed by atoms with E-state index in [-0.39, 0.29) is 22.2 Å². The average molecular weight is 504 g/mol. The fourth-order valence-corrected chi connectivity index (χ4v) is 4.90. The fourth-order valence-electron chi connectivity index (χ4n) is 3.57. The van der Waals surface area contributed by atoms with E-state index in [0.717, 1.165) is 5.69 Å². The monoisotopic (exact) mass is 503 g/mol. The largest absolute Gasteiger partial charge is 0.495 e. The number of rotatable bonds is 10. The van der Waals surface area contributed by atoms with E-state index >= 15 is 0 Å². The van der Waals surface area contributed by atoms with Gasteiger partial charge < -0.3 is 28.8 Å². The molecule has 0 fully saturated rings. The topological polar surface area (TPSA) is 139 Å². The molecule has 12 nitrogen and oxygen atoms in total. The number of hydrogen-bond donors (Lipinski definition) is 2. The molecule has 13 heteroatoms. The first-order valence-corrected chi connectivity index (χ1v) is 11.8. The van der Waals surface area contributed by atoms with Crippen LogP contribution in [0.15, 0.2) is 45.8 Å². The second kappa shape index (κ2) is 9.72. The van der Waals surface area contributed by atoms with Crippen LogP contribution in [0.25, 0.3) is 11.0 Å². The molecule has 0 bridgehead atoms. The highest BCUT2D eigenvalue weighted by molar-refractivity contribution is 7.93. The third kappa shape index (κ3) is 4.68. The molecule has 0 saturated carbocycles. The quantitative estimate of drug-likeness (QED) is 0.331. The van der Waals surface area contributed by atoms with Gasteiger partial charge in [0.05, 0.1) is 44.7 Å². The summed E-state index contributed by atoms with van der Waals surface area (Å²) in [6, 6.07) is 9.80. The lowest BCUT2D eigenvalue weighted by Gasteiger charge is -2.14. The summed E-state index contributed by atoms with van der Waals surface area (Å²) in [7, 11) is 3.49. The van der Waals surface area contributed by atoms with Crippen molar-refractivity contribution in [2.75, 3.05) is 38.5 Å². The van der Waals surface area contributed by atoms with Crippen molar-refractivity contribution >= 4 is 38.3 Å². The van der Waals surface area contributed by atoms with Crippen LogP contribution in [-0.2, 0) is 28.4 Å². The molecule has 2 aromatic carbocycles. The van der Waals surface area contributed by atoms with Gasteiger partial charge in [-0.2, -0.15) is 5.10 Å². The van der Waals surface area contributed by atoms with Crippen LogP contribution in [0.3, 0.4) is 0 Å². The molecule has 0 aliphatic carbocycles. The Balaban J connectivity index is 1.70. The number of benzene rings is 2. The average Bonchev–Trinajstić information content (AvgIpc) is 3.39. The van der Waals surface area contributed by atoms with Crippen molar-refractivity contribution in [1.29, 1.82) is 0 Å². The molecule has 0 aliphatic rings. The summed E-state index contributed by atoms with van der Waals surface area (Å²) in [6.45, 7) is 0.369. The van der Waals surface area contributed by atoms with Crippen molar-refractivity contribution in [3.05, 3.63) is 42.1 Å². The van der Waals surface area contributed by atoms with Gasteiger partial charge in [-0.05, 0) is 18.2 Å². The van der Waals surface area contributed by atoms with Gasteiger partial charge in [-0.25, -0.2) is 8.42 Å². The number of nitrogens with zero attached hydrogens (tertiary/aromatic N) is 3. The Bertz CT molecular complexity index is 1440. The van der Waals surface area contributed by atoms with Crippen LogP contribution in [-0.4, -0.2) is 51.8 Å². The molecule has 0 aliphatic heterocycles. The van der Waals surface area contributed by atoms with Crippen molar-refractivity contribution in [2.45, 2.75) is 11.5 Å². The van der Waals surface area contributed by atoms with E-state index in [1.807, 2.05) is 6.07 Å². The first-order chi connectivity index (χ1) is 16.8. The summed E-state index contributed by atoms with van der Waals surface area (Å²) < 4.78 is 57.1. The van der Waals surface area contributed by atoms with Crippen LogP contribution < -0.4 is 24.2 Å². The minimum Gasteiger partial charge on any atom is -0.495 e. The summed E-state index contributed by atoms with van der Waals surface area (Å²) in [4.78, 5) is -0.158. The van der Waals surface area contributed by atoms with E-state index in [2.05, 4.69) is 20.3 Å². The standard InChI is InChI=1S/C22H25N5O7S/c1-27-20(9-13(24-27)12-30-2)23-15-11-18-14(10-19(15)33-5)22(25-34-18)26-35(28,29)21-16(31-3)7-6-8-17(21)32-4/h6-11,23H,12H2,1-5H3,(H,25,26). The molecular weight excluding hydrogens is 478 g/mol. The lowest BCUT2D eigenvalue weighted by Crippen LogP contribution is -2.15. The molecule has 35 heavy (non-hydrogen) atoms. The smallest absolute Gasteiger partial charge is 0.270 e. The number of ether oxygens (including phenoxy) is 4. The highest BCUT2D eigenvalue weighted by Crippen LogP contribution is 2.38. The van der Waals surface area contributed by atoms with Gasteiger partial charge in [0, 0.05) is 26.3 Å². The predicted octanol–water partition coefficient (Wildman–Crippen LogP) is 3.28. The number of methoxy groups -OCH3 is 4. The minimum atomic E-state index is -4.15. The van der Waals surface area contributed by atoms with E-state index in [1.165, 1.54) is 33.5 Å². The Kier molecular flexibility index (Phi) is 6.71. The Morgan fingerprint density at radius 2 is 1.69 bits per heavy atom. The van der Waals surface area contributed by atoms with E-state index in [1.54, 1.807) is 37.0 Å². The Hall–Kier alpha value is -3.97. The molecular formula is C22H25N5O7S. The summed E-state index contributed by atoms with van der Waals surface area (Å²) in [6.07, 6.45) is 0. The number of aryl methyl sites for hydroxylation is 1. The number of aromatic nitrogens is 3. The van der Waals surface area contributed by atoms with Crippen molar-refractivity contribution < 1.29 is 31.9 Å². The van der Waals surface area contributed by atoms with Gasteiger partial charge in [0.1, 0.15) is 23.1 Å². The molecule has 0 saturated heterocycles. The SMILES string of the molecule is COCc1cc(Nc2cc3onc(NS(=O)(=O)c4c(OC)cccc4OC)c3cc2OC)n(C)n1. The number of hydrogen-bond acceptors (Lipinski definition) is 10. The van der Waals surface area contributed by atoms with E-state index in [9.17, 15) is 8.42 Å². The molecule has 186 valence electrons. The molecule has 2 heterocycles. The molecule has 0 radical (unpaired) electrons. The van der Waals surface area contributed by atoms with Crippen LogP contribution >= 0.6 is 0 Å². The summed E-state index contributed by atoms with van der Waals surface area (Å²) in [5.41, 5.74) is 1.65. The van der Waals surface area contributed by atoms with Gasteiger partial charge in [-0.15, -0.1) is 0 Å². The van der Waals surface area contributed by atoms with Gasteiger partial charge in [0.15, 0.2) is 16.3 Å². The van der Waals surface area contributed by atoms with Crippen LogP contribution in [0.1, 0.15) is 5.69 Å². The summed E-state index contributed by atoms with van der Waals surface area (Å²) in [5, 5.41) is 11.9. The van der Waals surface area contributed by atoms with Gasteiger partial charge in [0.25, 0.3) is 10.0 Å². The van der Waals surface area contributed by atoms with E-state index in [4.69, 9.17) is 23.5 Å². The van der Waals surface area contributed by atoms with Crippen LogP contribution in [0, 0.1) is 0 Å². The van der Waals surface area contributed by atoms with Gasteiger partial charge in [-0.1, -0.05) is 11.2 Å². The Morgan fingerprint density at radius 3 is 2.31 bits per heavy atom. The van der Waals surface area contributed by atoms with Crippen molar-refractivity contribution in [2.24, 2.45) is 7.05 Å². The first-order valence-electron chi connectivity index (χ1n) is 10.3. The predicted molar refractivity (Wildman–Crippen MR) is 128 cm³/mol. The van der Waals surface area contributed by atoms with Crippen molar-refractivity contribution in [3.8, 4) is 17.2 Å².